The zero-order valence-corrected chi connectivity index (χ0v) is 20.6. The third kappa shape index (κ3) is 7.76. The van der Waals surface area contributed by atoms with Gasteiger partial charge in [-0.05, 0) is 54.7 Å². The number of benzene rings is 2. The van der Waals surface area contributed by atoms with Crippen LogP contribution in [0.25, 0.3) is 11.1 Å². The fraction of sp³-hybridized carbons (Fsp3) is 0.500. The van der Waals surface area contributed by atoms with Gasteiger partial charge in [-0.3, -0.25) is 9.69 Å². The average Bonchev–Trinajstić information content (AvgIpc) is 3.34. The molecule has 1 saturated heterocycles. The van der Waals surface area contributed by atoms with Gasteiger partial charge in [0.15, 0.2) is 0 Å². The maximum Gasteiger partial charge on any atom is 0.303 e. The summed E-state index contributed by atoms with van der Waals surface area (Å²) in [5, 5.41) is 19.3. The van der Waals surface area contributed by atoms with E-state index in [1.54, 1.807) is 0 Å². The summed E-state index contributed by atoms with van der Waals surface area (Å²) in [7, 11) is 0. The number of aliphatic hydroxyl groups excluding tert-OH is 1. The van der Waals surface area contributed by atoms with E-state index in [4.69, 9.17) is 9.84 Å². The number of hydrogen-bond donors (Lipinski definition) is 2. The molecule has 35 heavy (non-hydrogen) atoms. The number of piperidine rings is 1. The number of carboxylic acids is 1. The first-order valence-corrected chi connectivity index (χ1v) is 13.1. The predicted molar refractivity (Wildman–Crippen MR) is 139 cm³/mol. The molecule has 2 aromatic rings. The first-order chi connectivity index (χ1) is 17.1. The van der Waals surface area contributed by atoms with Crippen LogP contribution >= 0.6 is 0 Å². The number of ether oxygens (including phenoxy) is 1. The Bertz CT molecular complexity index is 943. The number of allylic oxidation sites excluding steroid dienone is 2. The molecule has 188 valence electrons. The minimum atomic E-state index is -0.741. The first-order valence-electron chi connectivity index (χ1n) is 13.1. The van der Waals surface area contributed by atoms with Crippen molar-refractivity contribution in [2.24, 2.45) is 5.92 Å². The summed E-state index contributed by atoms with van der Waals surface area (Å²) in [4.78, 5) is 13.1. The Kier molecular flexibility index (Phi) is 9.52. The van der Waals surface area contributed by atoms with Crippen molar-refractivity contribution in [3.05, 3.63) is 72.3 Å². The fourth-order valence-electron chi connectivity index (χ4n) is 5.68. The zero-order chi connectivity index (χ0) is 24.5. The molecule has 2 unspecified atom stereocenters. The highest BCUT2D eigenvalue weighted by molar-refractivity contribution is 5.66. The number of likely N-dealkylation sites (tertiary alicyclic amines) is 1. The van der Waals surface area contributed by atoms with Crippen molar-refractivity contribution in [1.82, 2.24) is 4.90 Å². The maximum atomic E-state index is 10.6. The van der Waals surface area contributed by atoms with Crippen molar-refractivity contribution in [3.63, 3.8) is 0 Å². The summed E-state index contributed by atoms with van der Waals surface area (Å²) in [6.07, 6.45) is 11.1. The lowest BCUT2D eigenvalue weighted by molar-refractivity contribution is -0.136. The molecule has 1 aliphatic heterocycles. The molecule has 2 aliphatic rings. The van der Waals surface area contributed by atoms with Crippen LogP contribution in [0.4, 0.5) is 0 Å². The molecular formula is C30H39NO4. The quantitative estimate of drug-likeness (QED) is 0.408. The van der Waals surface area contributed by atoms with Crippen LogP contribution in [-0.4, -0.2) is 52.4 Å². The van der Waals surface area contributed by atoms with Crippen molar-refractivity contribution in [1.29, 1.82) is 0 Å². The Morgan fingerprint density at radius 2 is 1.71 bits per heavy atom. The number of carboxylic acid groups (broad SMARTS) is 1. The van der Waals surface area contributed by atoms with Crippen molar-refractivity contribution in [2.75, 3.05) is 13.1 Å². The van der Waals surface area contributed by atoms with Gasteiger partial charge in [-0.2, -0.15) is 0 Å². The molecule has 1 heterocycles. The summed E-state index contributed by atoms with van der Waals surface area (Å²) in [5.74, 6) is -0.106. The minimum Gasteiger partial charge on any atom is -0.481 e. The SMILES string of the molecule is O=C(O)CCC=CCC[C@H]1CCC[C@H]1N1CC(O)CC(OCc2ccc(-c3ccccc3)cc2)C1. The monoisotopic (exact) mass is 477 g/mol. The highest BCUT2D eigenvalue weighted by atomic mass is 16.5. The lowest BCUT2D eigenvalue weighted by Crippen LogP contribution is -2.51. The number of nitrogens with zero attached hydrogens (tertiary/aromatic N) is 1. The highest BCUT2D eigenvalue weighted by Gasteiger charge is 2.36. The number of carbonyl (C=O) groups is 1. The summed E-state index contributed by atoms with van der Waals surface area (Å²) < 4.78 is 6.29. The molecule has 0 spiro atoms. The lowest BCUT2D eigenvalue weighted by atomic mass is 9.93. The molecular weight excluding hydrogens is 438 g/mol. The van der Waals surface area contributed by atoms with Crippen molar-refractivity contribution in [3.8, 4) is 11.1 Å². The molecule has 2 fully saturated rings. The van der Waals surface area contributed by atoms with Gasteiger partial charge in [0.2, 0.25) is 0 Å². The molecule has 5 heteroatoms. The van der Waals surface area contributed by atoms with Crippen LogP contribution in [0.3, 0.4) is 0 Å². The van der Waals surface area contributed by atoms with Gasteiger partial charge >= 0.3 is 5.97 Å². The molecule has 0 bridgehead atoms. The number of β-amino-alcohol motifs (C(OH)–C–C–N with tert-alkyl or cyclic N) is 1. The highest BCUT2D eigenvalue weighted by Crippen LogP contribution is 2.35. The van der Waals surface area contributed by atoms with Gasteiger partial charge in [-0.1, -0.05) is 73.2 Å². The number of aliphatic carboxylic acids is 1. The van der Waals surface area contributed by atoms with E-state index in [2.05, 4.69) is 59.5 Å². The summed E-state index contributed by atoms with van der Waals surface area (Å²) in [6.45, 7) is 2.19. The van der Waals surface area contributed by atoms with Crippen LogP contribution in [-0.2, 0) is 16.1 Å². The summed E-state index contributed by atoms with van der Waals surface area (Å²) in [5.41, 5.74) is 3.58. The van der Waals surface area contributed by atoms with Gasteiger partial charge in [0.1, 0.15) is 0 Å². The van der Waals surface area contributed by atoms with E-state index < -0.39 is 5.97 Å². The van der Waals surface area contributed by atoms with Crippen molar-refractivity contribution < 1.29 is 19.7 Å². The molecule has 1 aliphatic carbocycles. The number of rotatable bonds is 11. The Labute approximate surface area is 209 Å². The van der Waals surface area contributed by atoms with Gasteiger partial charge in [0.25, 0.3) is 0 Å². The Morgan fingerprint density at radius 1 is 0.971 bits per heavy atom. The van der Waals surface area contributed by atoms with Crippen molar-refractivity contribution in [2.45, 2.75) is 76.2 Å². The predicted octanol–water partition coefficient (Wildman–Crippen LogP) is 5.68. The molecule has 0 amide bonds. The molecule has 5 nitrogen and oxygen atoms in total. The normalized spacial score (nSPS) is 25.3. The van der Waals surface area contributed by atoms with Crippen LogP contribution < -0.4 is 0 Å². The molecule has 4 rings (SSSR count). The van der Waals surface area contributed by atoms with E-state index in [1.807, 2.05) is 12.1 Å². The van der Waals surface area contributed by atoms with Gasteiger partial charge < -0.3 is 14.9 Å². The number of hydrogen-bond acceptors (Lipinski definition) is 4. The van der Waals surface area contributed by atoms with E-state index in [9.17, 15) is 9.90 Å². The van der Waals surface area contributed by atoms with Crippen LogP contribution in [0.15, 0.2) is 66.7 Å². The van der Waals surface area contributed by atoms with E-state index >= 15 is 0 Å². The molecule has 0 radical (unpaired) electrons. The maximum absolute atomic E-state index is 10.6. The Morgan fingerprint density at radius 3 is 2.49 bits per heavy atom. The van der Waals surface area contributed by atoms with Crippen LogP contribution in [0.1, 0.15) is 56.9 Å². The Balaban J connectivity index is 1.26. The van der Waals surface area contributed by atoms with Gasteiger partial charge in [0.05, 0.1) is 18.8 Å². The van der Waals surface area contributed by atoms with E-state index in [-0.39, 0.29) is 18.6 Å². The van der Waals surface area contributed by atoms with Gasteiger partial charge in [-0.25, -0.2) is 0 Å². The Hall–Kier alpha value is -2.47. The van der Waals surface area contributed by atoms with Crippen LogP contribution in [0.5, 0.6) is 0 Å². The second-order valence-electron chi connectivity index (χ2n) is 10.1. The third-order valence-electron chi connectivity index (χ3n) is 7.45. The van der Waals surface area contributed by atoms with Crippen molar-refractivity contribution >= 4 is 5.97 Å². The van der Waals surface area contributed by atoms with E-state index in [0.29, 0.717) is 31.4 Å². The van der Waals surface area contributed by atoms with E-state index in [1.165, 1.54) is 30.4 Å². The lowest BCUT2D eigenvalue weighted by Gasteiger charge is -2.41. The molecule has 1 saturated carbocycles. The van der Waals surface area contributed by atoms with Gasteiger partial charge in [-0.15, -0.1) is 0 Å². The second kappa shape index (κ2) is 13.0. The smallest absolute Gasteiger partial charge is 0.303 e. The molecule has 2 N–H and O–H groups in total. The topological polar surface area (TPSA) is 70.0 Å². The fourth-order valence-corrected chi connectivity index (χ4v) is 5.68. The average molecular weight is 478 g/mol. The molecule has 0 aromatic heterocycles. The van der Waals surface area contributed by atoms with Gasteiger partial charge in [0, 0.05) is 32.0 Å². The second-order valence-corrected chi connectivity index (χ2v) is 10.1. The first kappa shape index (κ1) is 25.6. The van der Waals surface area contributed by atoms with Crippen LogP contribution in [0.2, 0.25) is 0 Å². The van der Waals surface area contributed by atoms with Crippen LogP contribution in [0, 0.1) is 5.92 Å². The van der Waals surface area contributed by atoms with E-state index in [0.717, 1.165) is 31.5 Å². The standard InChI is InChI=1S/C30H39NO4/c32-27-19-28(35-22-23-15-17-25(18-16-23)24-9-5-3-6-10-24)21-31(20-27)29-13-8-12-26(29)11-4-1-2-7-14-30(33)34/h1-3,5-6,9-10,15-18,26-29,32H,4,7-8,11-14,19-22H2,(H,33,34)/t26-,27?,28?,29+/m0/s1. The molecule has 4 atom stereocenters. The zero-order valence-electron chi connectivity index (χ0n) is 20.6. The molecule has 2 aromatic carbocycles. The summed E-state index contributed by atoms with van der Waals surface area (Å²) >= 11 is 0. The largest absolute Gasteiger partial charge is 0.481 e. The number of aliphatic hydroxyl groups is 1. The minimum absolute atomic E-state index is 0.0460. The summed E-state index contributed by atoms with van der Waals surface area (Å²) in [6, 6.07) is 19.5. The third-order valence-corrected chi connectivity index (χ3v) is 7.45.